The minimum atomic E-state index is -2.56. The zero-order valence-corrected chi connectivity index (χ0v) is 15.6. The molecule has 150 valence electrons. The molecule has 0 saturated carbocycles. The molecule has 1 amide bonds. The Bertz CT molecular complexity index is 1060. The first-order chi connectivity index (χ1) is 14.0. The molecule has 0 aliphatic carbocycles. The van der Waals surface area contributed by atoms with Crippen molar-refractivity contribution in [3.05, 3.63) is 47.5 Å². The highest BCUT2D eigenvalue weighted by Gasteiger charge is 2.12. The number of nitriles is 1. The molecular weight excluding hydrogens is 382 g/mol. The number of hydrogen-bond donors (Lipinski definition) is 1. The zero-order valence-electron chi connectivity index (χ0n) is 15.6. The van der Waals surface area contributed by atoms with E-state index in [9.17, 15) is 13.6 Å². The van der Waals surface area contributed by atoms with Gasteiger partial charge >= 0.3 is 0 Å². The van der Waals surface area contributed by atoms with Gasteiger partial charge in [-0.25, -0.2) is 13.8 Å². The maximum Gasteiger partial charge on any atom is 0.272 e. The minimum Gasteiger partial charge on any atom is -0.471 e. The van der Waals surface area contributed by atoms with Crippen LogP contribution in [0.4, 0.5) is 8.78 Å². The average Bonchev–Trinajstić information content (AvgIpc) is 3.09. The molecule has 1 N–H and O–H groups in total. The van der Waals surface area contributed by atoms with E-state index in [1.54, 1.807) is 42.3 Å². The lowest BCUT2D eigenvalue weighted by atomic mass is 10.2. The summed E-state index contributed by atoms with van der Waals surface area (Å²) < 4.78 is 31.2. The molecule has 0 spiro atoms. The number of alkyl halides is 2. The van der Waals surface area contributed by atoms with Crippen LogP contribution < -0.4 is 10.1 Å². The highest BCUT2D eigenvalue weighted by Crippen LogP contribution is 2.19. The summed E-state index contributed by atoms with van der Waals surface area (Å²) in [7, 11) is 0. The van der Waals surface area contributed by atoms with E-state index in [0.29, 0.717) is 23.3 Å². The summed E-state index contributed by atoms with van der Waals surface area (Å²) in [6.45, 7) is 1.38. The Hall–Kier alpha value is -3.61. The SMILES string of the molecule is Cc1cc(Cn2cc3c(CC(=O)NCC#N)nccc3n2)cnc1OCC(F)F. The van der Waals surface area contributed by atoms with Gasteiger partial charge in [0.15, 0.2) is 6.61 Å². The summed E-state index contributed by atoms with van der Waals surface area (Å²) in [6.07, 6.45) is 2.40. The summed E-state index contributed by atoms with van der Waals surface area (Å²) in [5.74, 6) is -0.118. The quantitative estimate of drug-likeness (QED) is 0.580. The van der Waals surface area contributed by atoms with Gasteiger partial charge in [0.05, 0.1) is 30.2 Å². The van der Waals surface area contributed by atoms with E-state index in [0.717, 1.165) is 10.9 Å². The third kappa shape index (κ3) is 5.22. The first-order valence-corrected chi connectivity index (χ1v) is 8.77. The topological polar surface area (TPSA) is 106 Å². The lowest BCUT2D eigenvalue weighted by molar-refractivity contribution is -0.120. The largest absolute Gasteiger partial charge is 0.471 e. The van der Waals surface area contributed by atoms with Gasteiger partial charge in [-0.2, -0.15) is 10.4 Å². The van der Waals surface area contributed by atoms with Crippen molar-refractivity contribution in [1.29, 1.82) is 5.26 Å². The fourth-order valence-electron chi connectivity index (χ4n) is 2.81. The fraction of sp³-hybridized carbons (Fsp3) is 0.316. The van der Waals surface area contributed by atoms with Crippen LogP contribution in [0.25, 0.3) is 10.9 Å². The summed E-state index contributed by atoms with van der Waals surface area (Å²) in [4.78, 5) is 20.2. The van der Waals surface area contributed by atoms with Crippen molar-refractivity contribution >= 4 is 16.8 Å². The van der Waals surface area contributed by atoms with Gasteiger partial charge in [0.1, 0.15) is 6.54 Å². The molecule has 8 nitrogen and oxygen atoms in total. The van der Waals surface area contributed by atoms with Gasteiger partial charge < -0.3 is 10.1 Å². The maximum absolute atomic E-state index is 12.3. The van der Waals surface area contributed by atoms with E-state index in [1.165, 1.54) is 0 Å². The van der Waals surface area contributed by atoms with E-state index in [4.69, 9.17) is 10.00 Å². The molecule has 0 saturated heterocycles. The Morgan fingerprint density at radius 3 is 2.97 bits per heavy atom. The normalized spacial score (nSPS) is 10.9. The minimum absolute atomic E-state index is 0.0432. The summed E-state index contributed by atoms with van der Waals surface area (Å²) in [6, 6.07) is 5.40. The maximum atomic E-state index is 12.3. The first kappa shape index (κ1) is 20.1. The van der Waals surface area contributed by atoms with Gasteiger partial charge in [-0.1, -0.05) is 0 Å². The molecule has 0 aromatic carbocycles. The second-order valence-electron chi connectivity index (χ2n) is 6.30. The first-order valence-electron chi connectivity index (χ1n) is 8.77. The summed E-state index contributed by atoms with van der Waals surface area (Å²) >= 11 is 0. The number of fused-ring (bicyclic) bond motifs is 1. The molecule has 3 heterocycles. The van der Waals surface area contributed by atoms with Crippen molar-refractivity contribution in [1.82, 2.24) is 25.1 Å². The van der Waals surface area contributed by atoms with Gasteiger partial charge in [-0.15, -0.1) is 0 Å². The van der Waals surface area contributed by atoms with Gasteiger partial charge in [0.2, 0.25) is 11.8 Å². The lowest BCUT2D eigenvalue weighted by Gasteiger charge is -2.09. The Morgan fingerprint density at radius 1 is 1.41 bits per heavy atom. The smallest absolute Gasteiger partial charge is 0.272 e. The Morgan fingerprint density at radius 2 is 2.24 bits per heavy atom. The molecule has 0 aliphatic heterocycles. The third-order valence-corrected chi connectivity index (χ3v) is 4.03. The predicted molar refractivity (Wildman–Crippen MR) is 99.4 cm³/mol. The number of aryl methyl sites for hydroxylation is 1. The number of ether oxygens (including phenoxy) is 1. The number of carbonyl (C=O) groups excluding carboxylic acids is 1. The molecule has 3 rings (SSSR count). The molecule has 0 fully saturated rings. The van der Waals surface area contributed by atoms with Crippen LogP contribution >= 0.6 is 0 Å². The van der Waals surface area contributed by atoms with Crippen molar-refractivity contribution in [2.45, 2.75) is 26.3 Å². The van der Waals surface area contributed by atoms with E-state index >= 15 is 0 Å². The number of halogens is 2. The average molecular weight is 400 g/mol. The molecule has 0 unspecified atom stereocenters. The number of aromatic nitrogens is 4. The Balaban J connectivity index is 1.76. The Labute approximate surface area is 165 Å². The second kappa shape index (κ2) is 9.05. The molecule has 0 radical (unpaired) electrons. The van der Waals surface area contributed by atoms with Crippen molar-refractivity contribution < 1.29 is 18.3 Å². The highest BCUT2D eigenvalue weighted by atomic mass is 19.3. The molecule has 29 heavy (non-hydrogen) atoms. The summed E-state index contributed by atoms with van der Waals surface area (Å²) in [5.41, 5.74) is 2.72. The molecule has 0 atom stereocenters. The van der Waals surface area contributed by atoms with Crippen molar-refractivity contribution in [2.75, 3.05) is 13.2 Å². The van der Waals surface area contributed by atoms with Crippen molar-refractivity contribution in [2.24, 2.45) is 0 Å². The summed E-state index contributed by atoms with van der Waals surface area (Å²) in [5, 5.41) is 16.3. The second-order valence-corrected chi connectivity index (χ2v) is 6.30. The van der Waals surface area contributed by atoms with E-state index in [-0.39, 0.29) is 24.8 Å². The number of amides is 1. The lowest BCUT2D eigenvalue weighted by Crippen LogP contribution is -2.25. The van der Waals surface area contributed by atoms with Crippen LogP contribution in [-0.4, -0.2) is 45.2 Å². The van der Waals surface area contributed by atoms with E-state index in [1.807, 2.05) is 6.07 Å². The van der Waals surface area contributed by atoms with Crippen molar-refractivity contribution in [3.8, 4) is 11.9 Å². The number of rotatable bonds is 8. The Kier molecular flexibility index (Phi) is 6.29. The molecular formula is C19H18F2N6O2. The van der Waals surface area contributed by atoms with Crippen LogP contribution in [0.1, 0.15) is 16.8 Å². The molecule has 0 bridgehead atoms. The fourth-order valence-corrected chi connectivity index (χ4v) is 2.81. The van der Waals surface area contributed by atoms with Gasteiger partial charge in [0, 0.05) is 29.5 Å². The zero-order chi connectivity index (χ0) is 20.8. The van der Waals surface area contributed by atoms with Crippen LogP contribution in [0.5, 0.6) is 5.88 Å². The van der Waals surface area contributed by atoms with Crippen LogP contribution in [0.15, 0.2) is 30.7 Å². The predicted octanol–water partition coefficient (Wildman–Crippen LogP) is 2.01. The van der Waals surface area contributed by atoms with Gasteiger partial charge in [-0.05, 0) is 24.6 Å². The number of nitrogens with zero attached hydrogens (tertiary/aromatic N) is 5. The van der Waals surface area contributed by atoms with Crippen molar-refractivity contribution in [3.63, 3.8) is 0 Å². The van der Waals surface area contributed by atoms with Gasteiger partial charge in [0.25, 0.3) is 6.43 Å². The number of pyridine rings is 2. The van der Waals surface area contributed by atoms with E-state index in [2.05, 4.69) is 20.4 Å². The number of nitrogens with one attached hydrogen (secondary N) is 1. The highest BCUT2D eigenvalue weighted by molar-refractivity contribution is 5.86. The van der Waals surface area contributed by atoms with Crippen LogP contribution in [0, 0.1) is 18.3 Å². The van der Waals surface area contributed by atoms with Gasteiger partial charge in [-0.3, -0.25) is 14.5 Å². The molecule has 3 aromatic heterocycles. The standard InChI is InChI=1S/C19H18F2N6O2/c1-12-6-13(8-25-19(12)29-11-17(20)21)9-27-10-14-15(26-27)2-4-23-16(14)7-18(28)24-5-3-22/h2,4,6,8,10,17H,5,7,9,11H2,1H3,(H,24,28). The third-order valence-electron chi connectivity index (χ3n) is 4.03. The van der Waals surface area contributed by atoms with Crippen LogP contribution in [0.2, 0.25) is 0 Å². The van der Waals surface area contributed by atoms with E-state index < -0.39 is 13.0 Å². The molecule has 10 heteroatoms. The van der Waals surface area contributed by atoms with Crippen LogP contribution in [0.3, 0.4) is 0 Å². The molecule has 3 aromatic rings. The number of carbonyl (C=O) groups is 1. The monoisotopic (exact) mass is 400 g/mol. The number of hydrogen-bond acceptors (Lipinski definition) is 6. The van der Waals surface area contributed by atoms with Crippen LogP contribution in [-0.2, 0) is 17.8 Å². The molecule has 0 aliphatic rings.